The smallest absolute Gasteiger partial charge is 0.277 e. The van der Waals surface area contributed by atoms with Gasteiger partial charge in [0.1, 0.15) is 17.3 Å². The van der Waals surface area contributed by atoms with E-state index in [1.54, 1.807) is 43.5 Å². The van der Waals surface area contributed by atoms with Crippen LogP contribution >= 0.6 is 0 Å². The molecule has 0 heterocycles. The molecule has 0 aromatic heterocycles. The first-order valence-electron chi connectivity index (χ1n) is 6.52. The van der Waals surface area contributed by atoms with E-state index in [1.807, 2.05) is 0 Å². The van der Waals surface area contributed by atoms with E-state index >= 15 is 0 Å². The number of amides is 1. The van der Waals surface area contributed by atoms with Crippen molar-refractivity contribution in [2.45, 2.75) is 0 Å². The Hall–Kier alpha value is -2.89. The molecule has 6 heteroatoms. The molecule has 114 valence electrons. The SMILES string of the molecule is COc1ccc(OCC(=O)NN=Cc2ccc(F)cc2)cc1. The summed E-state index contributed by atoms with van der Waals surface area (Å²) in [5.74, 6) is 0.544. The molecule has 0 saturated heterocycles. The van der Waals surface area contributed by atoms with Crippen LogP contribution < -0.4 is 14.9 Å². The molecule has 1 amide bonds. The van der Waals surface area contributed by atoms with Crippen molar-refractivity contribution in [2.24, 2.45) is 5.10 Å². The molecule has 0 saturated carbocycles. The second-order valence-electron chi connectivity index (χ2n) is 4.31. The minimum absolute atomic E-state index is 0.160. The predicted molar refractivity (Wildman–Crippen MR) is 80.6 cm³/mol. The van der Waals surface area contributed by atoms with Gasteiger partial charge in [-0.05, 0) is 42.0 Å². The van der Waals surface area contributed by atoms with Gasteiger partial charge in [-0.15, -0.1) is 0 Å². The Labute approximate surface area is 127 Å². The number of nitrogens with one attached hydrogen (secondary N) is 1. The van der Waals surface area contributed by atoms with E-state index in [0.717, 1.165) is 0 Å². The van der Waals surface area contributed by atoms with Gasteiger partial charge < -0.3 is 9.47 Å². The molecule has 0 atom stereocenters. The van der Waals surface area contributed by atoms with E-state index in [2.05, 4.69) is 10.5 Å². The molecule has 0 unspecified atom stereocenters. The average Bonchev–Trinajstić information content (AvgIpc) is 2.55. The van der Waals surface area contributed by atoms with Crippen molar-refractivity contribution < 1.29 is 18.7 Å². The molecule has 0 spiro atoms. The fraction of sp³-hybridized carbons (Fsp3) is 0.125. The highest BCUT2D eigenvalue weighted by molar-refractivity contribution is 5.82. The predicted octanol–water partition coefficient (Wildman–Crippen LogP) is 2.36. The maximum Gasteiger partial charge on any atom is 0.277 e. The minimum Gasteiger partial charge on any atom is -0.497 e. The van der Waals surface area contributed by atoms with E-state index < -0.39 is 5.91 Å². The third-order valence-electron chi connectivity index (χ3n) is 2.70. The Morgan fingerprint density at radius 2 is 1.77 bits per heavy atom. The lowest BCUT2D eigenvalue weighted by molar-refractivity contribution is -0.123. The molecule has 2 rings (SSSR count). The number of methoxy groups -OCH3 is 1. The maximum absolute atomic E-state index is 12.7. The summed E-state index contributed by atoms with van der Waals surface area (Å²) in [5, 5.41) is 3.76. The summed E-state index contributed by atoms with van der Waals surface area (Å²) in [5.41, 5.74) is 3.00. The number of hydrogen-bond donors (Lipinski definition) is 1. The zero-order valence-corrected chi connectivity index (χ0v) is 12.0. The van der Waals surface area contributed by atoms with Crippen molar-refractivity contribution in [3.05, 3.63) is 59.9 Å². The van der Waals surface area contributed by atoms with Crippen LogP contribution in [0.4, 0.5) is 4.39 Å². The van der Waals surface area contributed by atoms with Crippen LogP contribution in [0.2, 0.25) is 0 Å². The van der Waals surface area contributed by atoms with Gasteiger partial charge in [0.05, 0.1) is 13.3 Å². The first-order valence-corrected chi connectivity index (χ1v) is 6.52. The molecule has 0 aliphatic heterocycles. The number of halogens is 1. The number of benzene rings is 2. The standard InChI is InChI=1S/C16H15FN2O3/c1-21-14-6-8-15(9-7-14)22-11-16(20)19-18-10-12-2-4-13(17)5-3-12/h2-10H,11H2,1H3,(H,19,20). The first-order chi connectivity index (χ1) is 10.7. The monoisotopic (exact) mass is 302 g/mol. The van der Waals surface area contributed by atoms with E-state index in [0.29, 0.717) is 17.1 Å². The van der Waals surface area contributed by atoms with Crippen LogP contribution in [-0.4, -0.2) is 25.8 Å². The fourth-order valence-electron chi connectivity index (χ4n) is 1.58. The average molecular weight is 302 g/mol. The van der Waals surface area contributed by atoms with E-state index in [1.165, 1.54) is 18.3 Å². The summed E-state index contributed by atoms with van der Waals surface area (Å²) >= 11 is 0. The Kier molecular flexibility index (Phi) is 5.48. The van der Waals surface area contributed by atoms with Crippen LogP contribution in [0.3, 0.4) is 0 Å². The molecule has 22 heavy (non-hydrogen) atoms. The summed E-state index contributed by atoms with van der Waals surface area (Å²) in [7, 11) is 1.57. The van der Waals surface area contributed by atoms with Gasteiger partial charge in [-0.2, -0.15) is 5.10 Å². The van der Waals surface area contributed by atoms with Crippen molar-refractivity contribution in [1.29, 1.82) is 0 Å². The Bertz CT molecular complexity index is 639. The molecule has 0 bridgehead atoms. The molecule has 0 fully saturated rings. The molecule has 5 nitrogen and oxygen atoms in total. The van der Waals surface area contributed by atoms with Gasteiger partial charge in [0.25, 0.3) is 5.91 Å². The maximum atomic E-state index is 12.7. The van der Waals surface area contributed by atoms with Crippen LogP contribution in [-0.2, 0) is 4.79 Å². The number of hydrazone groups is 1. The third kappa shape index (κ3) is 4.90. The highest BCUT2D eigenvalue weighted by Gasteiger charge is 2.01. The summed E-state index contributed by atoms with van der Waals surface area (Å²) < 4.78 is 23.0. The van der Waals surface area contributed by atoms with Crippen molar-refractivity contribution in [3.63, 3.8) is 0 Å². The largest absolute Gasteiger partial charge is 0.497 e. The van der Waals surface area contributed by atoms with Gasteiger partial charge in [-0.25, -0.2) is 9.82 Å². The lowest BCUT2D eigenvalue weighted by atomic mass is 10.2. The molecular weight excluding hydrogens is 287 g/mol. The van der Waals surface area contributed by atoms with Crippen LogP contribution in [0.25, 0.3) is 0 Å². The third-order valence-corrected chi connectivity index (χ3v) is 2.70. The van der Waals surface area contributed by atoms with Crippen LogP contribution in [0.15, 0.2) is 53.6 Å². The highest BCUT2D eigenvalue weighted by Crippen LogP contribution is 2.16. The molecule has 0 aliphatic rings. The van der Waals surface area contributed by atoms with Crippen molar-refractivity contribution in [1.82, 2.24) is 5.43 Å². The molecule has 2 aromatic carbocycles. The molecule has 2 aromatic rings. The molecule has 1 N–H and O–H groups in total. The normalized spacial score (nSPS) is 10.5. The van der Waals surface area contributed by atoms with E-state index in [4.69, 9.17) is 9.47 Å². The van der Waals surface area contributed by atoms with Gasteiger partial charge >= 0.3 is 0 Å². The molecule has 0 aliphatic carbocycles. The van der Waals surface area contributed by atoms with Gasteiger partial charge in [-0.3, -0.25) is 4.79 Å². The van der Waals surface area contributed by atoms with Gasteiger partial charge in [0.2, 0.25) is 0 Å². The van der Waals surface area contributed by atoms with Crippen molar-refractivity contribution >= 4 is 12.1 Å². The van der Waals surface area contributed by atoms with Crippen molar-refractivity contribution in [3.8, 4) is 11.5 Å². The van der Waals surface area contributed by atoms with E-state index in [9.17, 15) is 9.18 Å². The van der Waals surface area contributed by atoms with Gasteiger partial charge in [0.15, 0.2) is 6.61 Å². The van der Waals surface area contributed by atoms with E-state index in [-0.39, 0.29) is 12.4 Å². The molecular formula is C16H15FN2O3. The summed E-state index contributed by atoms with van der Waals surface area (Å²) in [6, 6.07) is 12.6. The minimum atomic E-state index is -0.394. The lowest BCUT2D eigenvalue weighted by Gasteiger charge is -2.05. The zero-order valence-electron chi connectivity index (χ0n) is 12.0. The number of carbonyl (C=O) groups is 1. The molecule has 0 radical (unpaired) electrons. The number of nitrogens with zero attached hydrogens (tertiary/aromatic N) is 1. The Balaban J connectivity index is 1.76. The second-order valence-corrected chi connectivity index (χ2v) is 4.31. The topological polar surface area (TPSA) is 59.9 Å². The van der Waals surface area contributed by atoms with Gasteiger partial charge in [-0.1, -0.05) is 12.1 Å². The zero-order chi connectivity index (χ0) is 15.8. The highest BCUT2D eigenvalue weighted by atomic mass is 19.1. The summed E-state index contributed by atoms with van der Waals surface area (Å²) in [6.45, 7) is -0.160. The fourth-order valence-corrected chi connectivity index (χ4v) is 1.58. The lowest BCUT2D eigenvalue weighted by Crippen LogP contribution is -2.24. The van der Waals surface area contributed by atoms with Crippen LogP contribution in [0.1, 0.15) is 5.56 Å². The van der Waals surface area contributed by atoms with Crippen LogP contribution in [0, 0.1) is 5.82 Å². The number of hydrogen-bond acceptors (Lipinski definition) is 4. The van der Waals surface area contributed by atoms with Crippen molar-refractivity contribution in [2.75, 3.05) is 13.7 Å². The van der Waals surface area contributed by atoms with Gasteiger partial charge in [0, 0.05) is 0 Å². The number of ether oxygens (including phenoxy) is 2. The number of carbonyl (C=O) groups excluding carboxylic acids is 1. The first kappa shape index (κ1) is 15.5. The number of rotatable bonds is 6. The Morgan fingerprint density at radius 1 is 1.14 bits per heavy atom. The summed E-state index contributed by atoms with van der Waals surface area (Å²) in [4.78, 5) is 11.5. The second kappa shape index (κ2) is 7.78. The van der Waals surface area contributed by atoms with Crippen LogP contribution in [0.5, 0.6) is 11.5 Å². The Morgan fingerprint density at radius 3 is 2.41 bits per heavy atom. The summed E-state index contributed by atoms with van der Waals surface area (Å²) in [6.07, 6.45) is 1.42. The quantitative estimate of drug-likeness (QED) is 0.658.